The van der Waals surface area contributed by atoms with E-state index in [0.717, 1.165) is 44.8 Å². The lowest BCUT2D eigenvalue weighted by Gasteiger charge is -2.32. The van der Waals surface area contributed by atoms with Crippen LogP contribution in [0, 0.1) is 5.92 Å². The Kier molecular flexibility index (Phi) is 6.25. The first-order valence-corrected chi connectivity index (χ1v) is 8.28. The highest BCUT2D eigenvalue weighted by molar-refractivity contribution is 5.74. The molecule has 4 nitrogen and oxygen atoms in total. The Balaban J connectivity index is 1.92. The molecule has 0 aliphatic carbocycles. The number of amides is 2. The highest BCUT2D eigenvalue weighted by Gasteiger charge is 2.22. The van der Waals surface area contributed by atoms with Gasteiger partial charge in [0.25, 0.3) is 0 Å². The standard InChI is InChI=1S/C18H29N3O/c1-15-9-11-21(12-10-15)18(22)19-17(14-20(2)3)13-16-7-5-4-6-8-16/h4-8,15,17H,9-14H2,1-3H3,(H,19,22). The Hall–Kier alpha value is -1.55. The van der Waals surface area contributed by atoms with Crippen molar-refractivity contribution in [3.05, 3.63) is 35.9 Å². The average Bonchev–Trinajstić information content (AvgIpc) is 2.48. The van der Waals surface area contributed by atoms with Gasteiger partial charge in [-0.25, -0.2) is 4.79 Å². The fourth-order valence-corrected chi connectivity index (χ4v) is 2.98. The molecule has 0 bridgehead atoms. The second-order valence-corrected chi connectivity index (χ2v) is 6.77. The molecule has 1 atom stereocenters. The van der Waals surface area contributed by atoms with Gasteiger partial charge >= 0.3 is 6.03 Å². The predicted molar refractivity (Wildman–Crippen MR) is 91.0 cm³/mol. The number of hydrogen-bond donors (Lipinski definition) is 1. The third kappa shape index (κ3) is 5.34. The van der Waals surface area contributed by atoms with Gasteiger partial charge in [0.1, 0.15) is 0 Å². The summed E-state index contributed by atoms with van der Waals surface area (Å²) in [4.78, 5) is 16.6. The molecular formula is C18H29N3O. The molecule has 0 aromatic heterocycles. The molecule has 22 heavy (non-hydrogen) atoms. The first-order valence-electron chi connectivity index (χ1n) is 8.28. The summed E-state index contributed by atoms with van der Waals surface area (Å²) in [6, 6.07) is 10.6. The minimum absolute atomic E-state index is 0.0923. The fraction of sp³-hybridized carbons (Fsp3) is 0.611. The number of likely N-dealkylation sites (N-methyl/N-ethyl adjacent to an activating group) is 1. The van der Waals surface area contributed by atoms with Gasteiger partial charge in [-0.05, 0) is 44.8 Å². The topological polar surface area (TPSA) is 35.6 Å². The quantitative estimate of drug-likeness (QED) is 0.907. The fourth-order valence-electron chi connectivity index (χ4n) is 2.98. The summed E-state index contributed by atoms with van der Waals surface area (Å²) in [7, 11) is 4.10. The Morgan fingerprint density at radius 1 is 1.27 bits per heavy atom. The minimum atomic E-state index is 0.0923. The number of carbonyl (C=O) groups excluding carboxylic acids is 1. The van der Waals surface area contributed by atoms with Gasteiger partial charge in [-0.1, -0.05) is 37.3 Å². The van der Waals surface area contributed by atoms with E-state index in [0.29, 0.717) is 0 Å². The van der Waals surface area contributed by atoms with Crippen LogP contribution in [0.5, 0.6) is 0 Å². The maximum absolute atomic E-state index is 12.5. The van der Waals surface area contributed by atoms with Crippen molar-refractivity contribution in [2.24, 2.45) is 5.92 Å². The Labute approximate surface area is 134 Å². The lowest BCUT2D eigenvalue weighted by molar-refractivity contribution is 0.168. The molecule has 0 saturated carbocycles. The Morgan fingerprint density at radius 2 is 1.91 bits per heavy atom. The molecule has 1 aliphatic heterocycles. The molecule has 1 aromatic rings. The summed E-state index contributed by atoms with van der Waals surface area (Å²) in [6.07, 6.45) is 3.10. The van der Waals surface area contributed by atoms with Crippen LogP contribution in [0.1, 0.15) is 25.3 Å². The SMILES string of the molecule is CC1CCN(C(=O)NC(Cc2ccccc2)CN(C)C)CC1. The van der Waals surface area contributed by atoms with Crippen molar-refractivity contribution < 1.29 is 4.79 Å². The second-order valence-electron chi connectivity index (χ2n) is 6.77. The molecule has 1 unspecified atom stereocenters. The van der Waals surface area contributed by atoms with E-state index < -0.39 is 0 Å². The maximum Gasteiger partial charge on any atom is 0.317 e. The van der Waals surface area contributed by atoms with Gasteiger partial charge in [-0.2, -0.15) is 0 Å². The van der Waals surface area contributed by atoms with Gasteiger partial charge in [0.2, 0.25) is 0 Å². The molecule has 1 aliphatic rings. The molecule has 0 spiro atoms. The van der Waals surface area contributed by atoms with Crippen molar-refractivity contribution in [2.45, 2.75) is 32.2 Å². The van der Waals surface area contributed by atoms with Crippen molar-refractivity contribution in [1.29, 1.82) is 0 Å². The summed E-state index contributed by atoms with van der Waals surface area (Å²) in [5, 5.41) is 3.23. The Bertz CT molecular complexity index is 453. The number of benzene rings is 1. The minimum Gasteiger partial charge on any atom is -0.334 e. The van der Waals surface area contributed by atoms with Gasteiger partial charge in [-0.3, -0.25) is 0 Å². The smallest absolute Gasteiger partial charge is 0.317 e. The molecule has 4 heteroatoms. The molecule has 2 rings (SSSR count). The predicted octanol–water partition coefficient (Wildman–Crippen LogP) is 2.60. The molecular weight excluding hydrogens is 274 g/mol. The normalized spacial score (nSPS) is 17.5. The monoisotopic (exact) mass is 303 g/mol. The van der Waals surface area contributed by atoms with Gasteiger partial charge < -0.3 is 15.1 Å². The number of hydrogen-bond acceptors (Lipinski definition) is 2. The van der Waals surface area contributed by atoms with Gasteiger partial charge in [0.05, 0.1) is 0 Å². The van der Waals surface area contributed by atoms with Crippen molar-refractivity contribution >= 4 is 6.03 Å². The second kappa shape index (κ2) is 8.18. The number of rotatable bonds is 5. The lowest BCUT2D eigenvalue weighted by atomic mass is 9.99. The van der Waals surface area contributed by atoms with E-state index in [1.165, 1.54) is 5.56 Å². The molecule has 122 valence electrons. The van der Waals surface area contributed by atoms with Crippen LogP contribution in [-0.4, -0.2) is 55.6 Å². The number of carbonyl (C=O) groups is 1. The third-order valence-corrected chi connectivity index (χ3v) is 4.31. The summed E-state index contributed by atoms with van der Waals surface area (Å²) < 4.78 is 0. The molecule has 0 radical (unpaired) electrons. The zero-order valence-corrected chi connectivity index (χ0v) is 14.1. The molecule has 1 fully saturated rings. The van der Waals surface area contributed by atoms with E-state index in [1.807, 2.05) is 25.1 Å². The summed E-state index contributed by atoms with van der Waals surface area (Å²) in [6.45, 7) is 4.88. The molecule has 2 amide bonds. The maximum atomic E-state index is 12.5. The van der Waals surface area contributed by atoms with Crippen LogP contribution < -0.4 is 5.32 Å². The largest absolute Gasteiger partial charge is 0.334 e. The van der Waals surface area contributed by atoms with Gasteiger partial charge in [-0.15, -0.1) is 0 Å². The number of nitrogens with one attached hydrogen (secondary N) is 1. The lowest BCUT2D eigenvalue weighted by Crippen LogP contribution is -2.50. The zero-order valence-electron chi connectivity index (χ0n) is 14.1. The van der Waals surface area contributed by atoms with Crippen molar-refractivity contribution in [3.8, 4) is 0 Å². The number of likely N-dealkylation sites (tertiary alicyclic amines) is 1. The van der Waals surface area contributed by atoms with E-state index in [4.69, 9.17) is 0 Å². The average molecular weight is 303 g/mol. The Morgan fingerprint density at radius 3 is 2.50 bits per heavy atom. The molecule has 1 aromatic carbocycles. The van der Waals surface area contributed by atoms with E-state index in [2.05, 4.69) is 41.4 Å². The van der Waals surface area contributed by atoms with E-state index in [9.17, 15) is 4.79 Å². The first-order chi connectivity index (χ1) is 10.5. The number of nitrogens with zero attached hydrogens (tertiary/aromatic N) is 2. The van der Waals surface area contributed by atoms with Gasteiger partial charge in [0.15, 0.2) is 0 Å². The summed E-state index contributed by atoms with van der Waals surface area (Å²) in [5.74, 6) is 0.742. The van der Waals surface area contributed by atoms with Crippen LogP contribution in [0.15, 0.2) is 30.3 Å². The molecule has 1 saturated heterocycles. The highest BCUT2D eigenvalue weighted by Crippen LogP contribution is 2.16. The number of piperidine rings is 1. The van der Waals surface area contributed by atoms with Crippen LogP contribution in [-0.2, 0) is 6.42 Å². The summed E-state index contributed by atoms with van der Waals surface area (Å²) in [5.41, 5.74) is 1.27. The highest BCUT2D eigenvalue weighted by atomic mass is 16.2. The van der Waals surface area contributed by atoms with Crippen LogP contribution in [0.2, 0.25) is 0 Å². The zero-order chi connectivity index (χ0) is 15.9. The van der Waals surface area contributed by atoms with Crippen molar-refractivity contribution in [3.63, 3.8) is 0 Å². The van der Waals surface area contributed by atoms with E-state index >= 15 is 0 Å². The van der Waals surface area contributed by atoms with Crippen LogP contribution in [0.25, 0.3) is 0 Å². The van der Waals surface area contributed by atoms with E-state index in [-0.39, 0.29) is 12.1 Å². The molecule has 1 heterocycles. The third-order valence-electron chi connectivity index (χ3n) is 4.31. The van der Waals surface area contributed by atoms with E-state index in [1.54, 1.807) is 0 Å². The first kappa shape index (κ1) is 16.8. The van der Waals surface area contributed by atoms with Crippen molar-refractivity contribution in [2.75, 3.05) is 33.7 Å². The molecule has 1 N–H and O–H groups in total. The van der Waals surface area contributed by atoms with Gasteiger partial charge in [0, 0.05) is 25.7 Å². The number of urea groups is 1. The summed E-state index contributed by atoms with van der Waals surface area (Å²) >= 11 is 0. The van der Waals surface area contributed by atoms with Crippen LogP contribution in [0.4, 0.5) is 4.79 Å². The van der Waals surface area contributed by atoms with Crippen LogP contribution >= 0.6 is 0 Å². The van der Waals surface area contributed by atoms with Crippen LogP contribution in [0.3, 0.4) is 0 Å². The van der Waals surface area contributed by atoms with Crippen molar-refractivity contribution in [1.82, 2.24) is 15.1 Å².